The smallest absolute Gasteiger partial charge is 0.176 e. The Balaban J connectivity index is 1.85. The Bertz CT molecular complexity index is 846. The van der Waals surface area contributed by atoms with Gasteiger partial charge in [-0.3, -0.25) is 0 Å². The lowest BCUT2D eigenvalue weighted by atomic mass is 9.68. The summed E-state index contributed by atoms with van der Waals surface area (Å²) in [4.78, 5) is 0. The Morgan fingerprint density at radius 2 is 1.33 bits per heavy atom. The maximum Gasteiger partial charge on any atom is 0.176 e. The third-order valence-corrected chi connectivity index (χ3v) is 8.60. The van der Waals surface area contributed by atoms with Crippen LogP contribution in [0.4, 0.5) is 0 Å². The zero-order valence-corrected chi connectivity index (χ0v) is 23.8. The molecule has 42 heavy (non-hydrogen) atoms. The van der Waals surface area contributed by atoms with Crippen LogP contribution >= 0.6 is 0 Å². The minimum Gasteiger partial charge on any atom is -0.394 e. The maximum absolute atomic E-state index is 11.6. The van der Waals surface area contributed by atoms with Crippen LogP contribution in [0, 0.1) is 0 Å². The van der Waals surface area contributed by atoms with E-state index in [1.807, 2.05) is 0 Å². The standard InChI is InChI=1S/C25H49N3O14/c1-3-5-12(32)25(9-31)24(37,6-4-2)20(35)15(28)23(42-25)41-19-11(8-30)39-22(14(27)17(19)34)40-18-10(7-29)38-21(36)13(26)16(18)33/h10-23,29-37H,3-9,26-28H2,1-2H3/t10-,11-,12?,13-,14-,15-,16-,17-,18?,19?,20-,21-,22+,23+,24+,25-/m1/s1. The van der Waals surface area contributed by atoms with Crippen LogP contribution in [0.1, 0.15) is 39.5 Å². The molecule has 0 aromatic heterocycles. The predicted octanol–water partition coefficient (Wildman–Crippen LogP) is -5.97. The molecule has 3 rings (SSSR count). The third-order valence-electron chi connectivity index (χ3n) is 8.60. The van der Waals surface area contributed by atoms with Crippen molar-refractivity contribution < 1.29 is 69.6 Å². The van der Waals surface area contributed by atoms with Crippen LogP contribution in [0.3, 0.4) is 0 Å². The monoisotopic (exact) mass is 615 g/mol. The summed E-state index contributed by atoms with van der Waals surface area (Å²) in [5, 5.41) is 95.5. The van der Waals surface area contributed by atoms with Crippen LogP contribution in [-0.2, 0) is 23.7 Å². The maximum atomic E-state index is 11.6. The summed E-state index contributed by atoms with van der Waals surface area (Å²) >= 11 is 0. The van der Waals surface area contributed by atoms with Gasteiger partial charge in [0.2, 0.25) is 0 Å². The summed E-state index contributed by atoms with van der Waals surface area (Å²) in [6.45, 7) is 1.15. The highest BCUT2D eigenvalue weighted by atomic mass is 16.7. The van der Waals surface area contributed by atoms with Crippen LogP contribution in [-0.4, -0.2) is 163 Å². The van der Waals surface area contributed by atoms with E-state index in [0.29, 0.717) is 12.8 Å². The topological polar surface area (TPSA) is 306 Å². The van der Waals surface area contributed by atoms with Crippen LogP contribution in [0.2, 0.25) is 0 Å². The molecule has 0 aromatic rings. The van der Waals surface area contributed by atoms with Gasteiger partial charge >= 0.3 is 0 Å². The fourth-order valence-corrected chi connectivity index (χ4v) is 6.08. The number of hydrogen-bond donors (Lipinski definition) is 12. The van der Waals surface area contributed by atoms with Crippen LogP contribution in [0.25, 0.3) is 0 Å². The van der Waals surface area contributed by atoms with Crippen molar-refractivity contribution in [2.24, 2.45) is 17.2 Å². The second-order valence-corrected chi connectivity index (χ2v) is 11.3. The Kier molecular flexibility index (Phi) is 12.5. The first-order valence-corrected chi connectivity index (χ1v) is 14.3. The molecule has 0 aromatic carbocycles. The summed E-state index contributed by atoms with van der Waals surface area (Å²) in [7, 11) is 0. The average molecular weight is 616 g/mol. The Morgan fingerprint density at radius 3 is 1.86 bits per heavy atom. The van der Waals surface area contributed by atoms with Crippen LogP contribution in [0.5, 0.6) is 0 Å². The predicted molar refractivity (Wildman–Crippen MR) is 141 cm³/mol. The van der Waals surface area contributed by atoms with E-state index in [2.05, 4.69) is 0 Å². The molecule has 0 bridgehead atoms. The third kappa shape index (κ3) is 6.35. The average Bonchev–Trinajstić information content (AvgIpc) is 2.97. The van der Waals surface area contributed by atoms with E-state index in [1.54, 1.807) is 13.8 Å². The van der Waals surface area contributed by atoms with Gasteiger partial charge in [0.1, 0.15) is 48.3 Å². The number of ether oxygens (including phenoxy) is 5. The SMILES string of the molecule is CCCC(O)[C@@]1(CO)O[C@H](OC2[C@@H](CO)O[C@@H](OC3[C@@H](CO)O[C@@H](O)[C@H](N)[C@H]3O)[C@H](N)[C@H]2O)[C@H](N)[C@@H](O)[C@@]1(O)CCC. The van der Waals surface area contributed by atoms with Gasteiger partial charge in [0.15, 0.2) is 24.5 Å². The summed E-state index contributed by atoms with van der Waals surface area (Å²) in [6, 6.07) is -4.15. The normalized spacial score (nSPS) is 49.1. The second-order valence-electron chi connectivity index (χ2n) is 11.3. The molecule has 3 unspecified atom stereocenters. The van der Waals surface area contributed by atoms with Gasteiger partial charge in [-0.1, -0.05) is 26.7 Å². The van der Waals surface area contributed by atoms with Gasteiger partial charge < -0.3 is 86.8 Å². The van der Waals surface area contributed by atoms with Crippen LogP contribution in [0.15, 0.2) is 0 Å². The summed E-state index contributed by atoms with van der Waals surface area (Å²) in [5.74, 6) is 0. The molecular formula is C25H49N3O14. The lowest BCUT2D eigenvalue weighted by Crippen LogP contribution is -2.79. The molecule has 3 aliphatic heterocycles. The first-order valence-electron chi connectivity index (χ1n) is 14.3. The van der Waals surface area contributed by atoms with E-state index in [0.717, 1.165) is 0 Å². The van der Waals surface area contributed by atoms with Crippen molar-refractivity contribution in [1.29, 1.82) is 0 Å². The molecule has 0 amide bonds. The van der Waals surface area contributed by atoms with E-state index in [9.17, 15) is 46.0 Å². The lowest BCUT2D eigenvalue weighted by molar-refractivity contribution is -0.390. The molecular weight excluding hydrogens is 566 g/mol. The molecule has 0 aliphatic carbocycles. The Hall–Kier alpha value is -0.680. The van der Waals surface area contributed by atoms with Crippen molar-refractivity contribution in [3.63, 3.8) is 0 Å². The largest absolute Gasteiger partial charge is 0.394 e. The van der Waals surface area contributed by atoms with Gasteiger partial charge in [-0.25, -0.2) is 0 Å². The zero-order valence-electron chi connectivity index (χ0n) is 23.8. The zero-order chi connectivity index (χ0) is 31.6. The van der Waals surface area contributed by atoms with E-state index in [1.165, 1.54) is 0 Å². The van der Waals surface area contributed by atoms with E-state index in [4.69, 9.17) is 40.9 Å². The van der Waals surface area contributed by atoms with Gasteiger partial charge in [0.05, 0.1) is 44.1 Å². The van der Waals surface area contributed by atoms with Gasteiger partial charge in [0, 0.05) is 0 Å². The highest BCUT2D eigenvalue weighted by molar-refractivity contribution is 5.15. The number of aliphatic hydroxyl groups excluding tert-OH is 8. The molecule has 0 saturated carbocycles. The van der Waals surface area contributed by atoms with Crippen molar-refractivity contribution in [3.05, 3.63) is 0 Å². The van der Waals surface area contributed by atoms with Gasteiger partial charge in [-0.15, -0.1) is 0 Å². The van der Waals surface area contributed by atoms with E-state index in [-0.39, 0.29) is 12.8 Å². The number of hydrogen-bond acceptors (Lipinski definition) is 17. The quantitative estimate of drug-likeness (QED) is 0.0972. The number of aliphatic hydroxyl groups is 9. The minimum atomic E-state index is -2.17. The van der Waals surface area contributed by atoms with Crippen LogP contribution < -0.4 is 17.2 Å². The highest BCUT2D eigenvalue weighted by Crippen LogP contribution is 2.45. The summed E-state index contributed by atoms with van der Waals surface area (Å²) in [5.41, 5.74) is 13.9. The Morgan fingerprint density at radius 1 is 0.786 bits per heavy atom. The van der Waals surface area contributed by atoms with Crippen molar-refractivity contribution in [1.82, 2.24) is 0 Å². The molecule has 3 aliphatic rings. The summed E-state index contributed by atoms with van der Waals surface area (Å²) in [6.07, 6.45) is -15.7. The van der Waals surface area contributed by atoms with E-state index >= 15 is 0 Å². The van der Waals surface area contributed by atoms with E-state index < -0.39 is 117 Å². The lowest BCUT2D eigenvalue weighted by Gasteiger charge is -2.58. The molecule has 3 saturated heterocycles. The molecule has 17 nitrogen and oxygen atoms in total. The first kappa shape index (κ1) is 35.8. The highest BCUT2D eigenvalue weighted by Gasteiger charge is 2.66. The van der Waals surface area contributed by atoms with Gasteiger partial charge in [-0.2, -0.15) is 0 Å². The Labute approximate surface area is 243 Å². The second kappa shape index (κ2) is 14.6. The summed E-state index contributed by atoms with van der Waals surface area (Å²) < 4.78 is 28.5. The molecule has 3 fully saturated rings. The molecule has 0 radical (unpaired) electrons. The fraction of sp³-hybridized carbons (Fsp3) is 1.00. The molecule has 17 heteroatoms. The molecule has 15 N–H and O–H groups in total. The molecule has 16 atom stereocenters. The minimum absolute atomic E-state index is 0.0828. The fourth-order valence-electron chi connectivity index (χ4n) is 6.08. The first-order chi connectivity index (χ1) is 19.8. The molecule has 0 spiro atoms. The van der Waals surface area contributed by atoms with Gasteiger partial charge in [-0.05, 0) is 12.8 Å². The van der Waals surface area contributed by atoms with Crippen molar-refractivity contribution in [2.45, 2.75) is 137 Å². The van der Waals surface area contributed by atoms with Crippen molar-refractivity contribution in [2.75, 3.05) is 19.8 Å². The molecule has 3 heterocycles. The van der Waals surface area contributed by atoms with Crippen molar-refractivity contribution in [3.8, 4) is 0 Å². The number of nitrogens with two attached hydrogens (primary N) is 3. The van der Waals surface area contributed by atoms with Crippen molar-refractivity contribution >= 4 is 0 Å². The van der Waals surface area contributed by atoms with Gasteiger partial charge in [0.25, 0.3) is 0 Å². The molecule has 248 valence electrons. The number of rotatable bonds is 12.